The highest BCUT2D eigenvalue weighted by molar-refractivity contribution is 6.01. The second-order valence-corrected chi connectivity index (χ2v) is 8.35. The van der Waals surface area contributed by atoms with Crippen LogP contribution in [-0.2, 0) is 4.79 Å². The maximum Gasteiger partial charge on any atom is 0.233 e. The molecular formula is C26H26N2O5. The van der Waals surface area contributed by atoms with Crippen molar-refractivity contribution in [3.05, 3.63) is 76.1 Å². The summed E-state index contributed by atoms with van der Waals surface area (Å²) in [6, 6.07) is 13.6. The van der Waals surface area contributed by atoms with E-state index in [2.05, 4.69) is 10.5 Å². The van der Waals surface area contributed by atoms with E-state index in [1.54, 1.807) is 21.3 Å². The molecule has 2 atom stereocenters. The number of para-hydroxylation sites is 1. The summed E-state index contributed by atoms with van der Waals surface area (Å²) in [5, 5.41) is 7.56. The average Bonchev–Trinajstić information content (AvgIpc) is 3.22. The van der Waals surface area contributed by atoms with Gasteiger partial charge < -0.3 is 24.1 Å². The number of fused-ring (bicyclic) bond motifs is 1. The Morgan fingerprint density at radius 1 is 1.00 bits per heavy atom. The van der Waals surface area contributed by atoms with E-state index in [0.29, 0.717) is 30.2 Å². The molecule has 0 unspecified atom stereocenters. The maximum absolute atomic E-state index is 13.7. The summed E-state index contributed by atoms with van der Waals surface area (Å²) in [5.41, 5.74) is 5.17. The van der Waals surface area contributed by atoms with E-state index >= 15 is 0 Å². The number of ketones is 1. The Morgan fingerprint density at radius 2 is 1.79 bits per heavy atom. The van der Waals surface area contributed by atoms with Gasteiger partial charge in [-0.3, -0.25) is 4.79 Å². The molecule has 1 aliphatic heterocycles. The van der Waals surface area contributed by atoms with Gasteiger partial charge in [0, 0.05) is 23.3 Å². The topological polar surface area (TPSA) is 82.8 Å². The van der Waals surface area contributed by atoms with Crippen LogP contribution in [0.3, 0.4) is 0 Å². The number of methoxy groups -OCH3 is 3. The quantitative estimate of drug-likeness (QED) is 0.593. The van der Waals surface area contributed by atoms with E-state index in [-0.39, 0.29) is 17.6 Å². The van der Waals surface area contributed by atoms with Gasteiger partial charge in [-0.25, -0.2) is 0 Å². The van der Waals surface area contributed by atoms with Crippen molar-refractivity contribution in [2.75, 3.05) is 26.6 Å². The molecule has 33 heavy (non-hydrogen) atoms. The first-order valence-corrected chi connectivity index (χ1v) is 10.9. The molecule has 2 heterocycles. The molecule has 3 aromatic rings. The first-order valence-electron chi connectivity index (χ1n) is 10.9. The van der Waals surface area contributed by atoms with Crippen molar-refractivity contribution < 1.29 is 23.5 Å². The minimum atomic E-state index is -0.350. The summed E-state index contributed by atoms with van der Waals surface area (Å²) in [6.07, 6.45) is 1.12. The van der Waals surface area contributed by atoms with Crippen LogP contribution < -0.4 is 19.5 Å². The van der Waals surface area contributed by atoms with Crippen LogP contribution >= 0.6 is 0 Å². The predicted octanol–water partition coefficient (Wildman–Crippen LogP) is 4.97. The fourth-order valence-electron chi connectivity index (χ4n) is 5.03. The molecule has 0 saturated heterocycles. The summed E-state index contributed by atoms with van der Waals surface area (Å²) < 4.78 is 22.2. The molecule has 5 rings (SSSR count). The SMILES string of the molecule is COc1ccc([C@@H]2CC(=O)C3=C(C2)Nc2onc(C)c2[C@@H]3c2cccc(OC)c2OC)cc1. The normalized spacial score (nSPS) is 19.5. The molecule has 0 radical (unpaired) electrons. The number of hydrogen-bond acceptors (Lipinski definition) is 7. The summed E-state index contributed by atoms with van der Waals surface area (Å²) in [5.74, 6) is 2.41. The van der Waals surface area contributed by atoms with Crippen LogP contribution in [-0.4, -0.2) is 32.3 Å². The van der Waals surface area contributed by atoms with Gasteiger partial charge in [0.2, 0.25) is 5.88 Å². The average molecular weight is 447 g/mol. The largest absolute Gasteiger partial charge is 0.497 e. The van der Waals surface area contributed by atoms with E-state index in [1.807, 2.05) is 49.4 Å². The number of benzene rings is 2. The highest BCUT2D eigenvalue weighted by atomic mass is 16.5. The van der Waals surface area contributed by atoms with E-state index in [9.17, 15) is 4.79 Å². The number of carbonyl (C=O) groups excluding carboxylic acids is 1. The molecule has 0 bridgehead atoms. The van der Waals surface area contributed by atoms with Gasteiger partial charge in [-0.15, -0.1) is 0 Å². The van der Waals surface area contributed by atoms with Gasteiger partial charge >= 0.3 is 0 Å². The van der Waals surface area contributed by atoms with Crippen molar-refractivity contribution in [3.63, 3.8) is 0 Å². The first-order chi connectivity index (χ1) is 16.0. The molecule has 1 aliphatic carbocycles. The zero-order valence-electron chi connectivity index (χ0n) is 19.1. The van der Waals surface area contributed by atoms with Crippen molar-refractivity contribution in [2.45, 2.75) is 31.6 Å². The van der Waals surface area contributed by atoms with E-state index in [4.69, 9.17) is 18.7 Å². The second-order valence-electron chi connectivity index (χ2n) is 8.35. The fraction of sp³-hybridized carbons (Fsp3) is 0.308. The Morgan fingerprint density at radius 3 is 2.48 bits per heavy atom. The molecule has 7 nitrogen and oxygen atoms in total. The summed E-state index contributed by atoms with van der Waals surface area (Å²) in [7, 11) is 4.86. The lowest BCUT2D eigenvalue weighted by molar-refractivity contribution is -0.116. The molecule has 0 amide bonds. The molecule has 1 aromatic heterocycles. The zero-order chi connectivity index (χ0) is 23.1. The van der Waals surface area contributed by atoms with Gasteiger partial charge in [-0.05, 0) is 43.0 Å². The molecule has 7 heteroatoms. The lowest BCUT2D eigenvalue weighted by Crippen LogP contribution is -2.29. The van der Waals surface area contributed by atoms with Crippen LogP contribution in [0.4, 0.5) is 5.88 Å². The smallest absolute Gasteiger partial charge is 0.233 e. The summed E-state index contributed by atoms with van der Waals surface area (Å²) >= 11 is 0. The second kappa shape index (κ2) is 8.31. The van der Waals surface area contributed by atoms with E-state index < -0.39 is 0 Å². The standard InChI is InChI=1S/C26H26N2O5/c1-14-22-23(18-6-5-7-21(31-3)25(18)32-4)24-19(27-26(22)33-28-14)12-16(13-20(24)29)15-8-10-17(30-2)11-9-15/h5-11,16,23,27H,12-13H2,1-4H3/t16-,23-/m0/s1. The molecule has 0 spiro atoms. The van der Waals surface area contributed by atoms with Crippen LogP contribution in [0.1, 0.15) is 47.1 Å². The third-order valence-corrected chi connectivity index (χ3v) is 6.59. The van der Waals surface area contributed by atoms with Crippen LogP contribution in [0.15, 0.2) is 58.3 Å². The number of nitrogens with zero attached hydrogens (tertiary/aromatic N) is 1. The molecule has 2 aromatic carbocycles. The third kappa shape index (κ3) is 3.44. The van der Waals surface area contributed by atoms with Gasteiger partial charge in [0.15, 0.2) is 17.3 Å². The number of aryl methyl sites for hydroxylation is 1. The van der Waals surface area contributed by atoms with Crippen LogP contribution in [0.2, 0.25) is 0 Å². The summed E-state index contributed by atoms with van der Waals surface area (Å²) in [4.78, 5) is 13.7. The number of Topliss-reactive ketones (excluding diaryl/α,β-unsaturated/α-hetero) is 1. The molecule has 170 valence electrons. The van der Waals surface area contributed by atoms with Crippen LogP contribution in [0, 0.1) is 6.92 Å². The van der Waals surface area contributed by atoms with Gasteiger partial charge in [-0.1, -0.05) is 29.4 Å². The Bertz CT molecular complexity index is 1240. The highest BCUT2D eigenvalue weighted by Crippen LogP contribution is 2.52. The lowest BCUT2D eigenvalue weighted by Gasteiger charge is -2.35. The fourth-order valence-corrected chi connectivity index (χ4v) is 5.03. The Balaban J connectivity index is 1.63. The minimum absolute atomic E-state index is 0.0630. The zero-order valence-corrected chi connectivity index (χ0v) is 19.1. The van der Waals surface area contributed by atoms with Crippen molar-refractivity contribution in [2.24, 2.45) is 0 Å². The van der Waals surface area contributed by atoms with Crippen LogP contribution in [0.5, 0.6) is 17.2 Å². The Hall–Kier alpha value is -3.74. The molecule has 0 saturated carbocycles. The Kier molecular flexibility index (Phi) is 5.32. The maximum atomic E-state index is 13.7. The number of hydrogen-bond donors (Lipinski definition) is 1. The highest BCUT2D eigenvalue weighted by Gasteiger charge is 2.42. The van der Waals surface area contributed by atoms with Gasteiger partial charge in [0.25, 0.3) is 0 Å². The predicted molar refractivity (Wildman–Crippen MR) is 123 cm³/mol. The Labute approximate surface area is 192 Å². The van der Waals surface area contributed by atoms with Gasteiger partial charge in [-0.2, -0.15) is 0 Å². The van der Waals surface area contributed by atoms with E-state index in [1.165, 1.54) is 0 Å². The molecule has 0 fully saturated rings. The molecule has 2 aliphatic rings. The third-order valence-electron chi connectivity index (χ3n) is 6.59. The van der Waals surface area contributed by atoms with Crippen LogP contribution in [0.25, 0.3) is 0 Å². The van der Waals surface area contributed by atoms with Crippen molar-refractivity contribution >= 4 is 11.7 Å². The van der Waals surface area contributed by atoms with Gasteiger partial charge in [0.1, 0.15) is 5.75 Å². The summed E-state index contributed by atoms with van der Waals surface area (Å²) in [6.45, 7) is 1.89. The number of rotatable bonds is 5. The molecular weight excluding hydrogens is 420 g/mol. The number of allylic oxidation sites excluding steroid dienone is 2. The van der Waals surface area contributed by atoms with E-state index in [0.717, 1.165) is 39.4 Å². The minimum Gasteiger partial charge on any atom is -0.497 e. The van der Waals surface area contributed by atoms with Crippen molar-refractivity contribution in [1.82, 2.24) is 5.16 Å². The number of carbonyl (C=O) groups is 1. The number of nitrogens with one attached hydrogen (secondary N) is 1. The monoisotopic (exact) mass is 446 g/mol. The number of anilines is 1. The number of ether oxygens (including phenoxy) is 3. The lowest BCUT2D eigenvalue weighted by atomic mass is 9.72. The number of aromatic nitrogens is 1. The van der Waals surface area contributed by atoms with Gasteiger partial charge in [0.05, 0.1) is 38.5 Å². The molecule has 1 N–H and O–H groups in total. The first kappa shape index (κ1) is 21.1. The van der Waals surface area contributed by atoms with Crippen molar-refractivity contribution in [1.29, 1.82) is 0 Å². The van der Waals surface area contributed by atoms with Crippen molar-refractivity contribution in [3.8, 4) is 17.2 Å².